The maximum absolute atomic E-state index is 10.7. The van der Waals surface area contributed by atoms with E-state index >= 15 is 0 Å². The Balaban J connectivity index is -0.000000110. The van der Waals surface area contributed by atoms with Gasteiger partial charge in [-0.15, -0.1) is 0 Å². The second-order valence-corrected chi connectivity index (χ2v) is 8.17. The molecule has 0 unspecified atom stereocenters. The molecule has 0 amide bonds. The molecule has 0 aliphatic heterocycles. The first kappa shape index (κ1) is 42.5. The summed E-state index contributed by atoms with van der Waals surface area (Å²) in [5.41, 5.74) is -0.326. The maximum atomic E-state index is 10.7. The largest absolute Gasteiger partial charge is 0.466 e. The fourth-order valence-electron chi connectivity index (χ4n) is 1.63. The molecule has 0 saturated carbocycles. The highest BCUT2D eigenvalue weighted by molar-refractivity contribution is 5.69. The molecule has 1 N–H and O–H groups in total. The molecule has 0 saturated heterocycles. The summed E-state index contributed by atoms with van der Waals surface area (Å²) in [6.45, 7) is 21.4. The van der Waals surface area contributed by atoms with Crippen LogP contribution in [0.2, 0.25) is 0 Å². The van der Waals surface area contributed by atoms with Gasteiger partial charge in [0.05, 0.1) is 26.4 Å². The van der Waals surface area contributed by atoms with E-state index in [1.54, 1.807) is 20.8 Å². The Morgan fingerprint density at radius 3 is 1.53 bits per heavy atom. The molecule has 34 heavy (non-hydrogen) atoms. The molecule has 8 nitrogen and oxygen atoms in total. The van der Waals surface area contributed by atoms with Crippen molar-refractivity contribution in [2.45, 2.75) is 114 Å². The number of ether oxygens (including phenoxy) is 4. The number of carbonyl (C=O) groups excluding carboxylic acids is 3. The van der Waals surface area contributed by atoms with Crippen LogP contribution in [-0.4, -0.2) is 61.6 Å². The van der Waals surface area contributed by atoms with Crippen molar-refractivity contribution in [2.24, 2.45) is 5.92 Å². The number of aliphatic hydroxyl groups is 1. The lowest BCUT2D eigenvalue weighted by molar-refractivity contribution is -0.154. The van der Waals surface area contributed by atoms with Gasteiger partial charge in [0.25, 0.3) is 0 Å². The lowest BCUT2D eigenvalue weighted by Crippen LogP contribution is -2.23. The van der Waals surface area contributed by atoms with Gasteiger partial charge in [-0.25, -0.2) is 0 Å². The SMILES string of the molecule is C.CCC(=O)OC(C)(C)C.CCCOCCO.CCOC(=O)CC.CCOC(=O)CCC(C)C. The van der Waals surface area contributed by atoms with Crippen LogP contribution in [0.3, 0.4) is 0 Å². The summed E-state index contributed by atoms with van der Waals surface area (Å²) in [6.07, 6.45) is 3.45. The quantitative estimate of drug-likeness (QED) is 0.220. The Kier molecular flexibility index (Phi) is 39.1. The van der Waals surface area contributed by atoms with E-state index in [9.17, 15) is 14.4 Å². The fraction of sp³-hybridized carbons (Fsp3) is 0.885. The summed E-state index contributed by atoms with van der Waals surface area (Å²) in [4.78, 5) is 31.5. The lowest BCUT2D eigenvalue weighted by atomic mass is 10.1. The number of hydrogen-bond acceptors (Lipinski definition) is 8. The van der Waals surface area contributed by atoms with Gasteiger partial charge in [0.15, 0.2) is 0 Å². The molecule has 0 radical (unpaired) electrons. The van der Waals surface area contributed by atoms with Gasteiger partial charge in [-0.3, -0.25) is 14.4 Å². The highest BCUT2D eigenvalue weighted by Crippen LogP contribution is 2.07. The van der Waals surface area contributed by atoms with E-state index in [0.29, 0.717) is 45.0 Å². The van der Waals surface area contributed by atoms with Gasteiger partial charge in [0.1, 0.15) is 5.60 Å². The van der Waals surface area contributed by atoms with Crippen molar-refractivity contribution in [1.29, 1.82) is 0 Å². The number of rotatable bonds is 11. The molecule has 0 atom stereocenters. The molecule has 0 fully saturated rings. The van der Waals surface area contributed by atoms with Crippen molar-refractivity contribution in [2.75, 3.05) is 33.0 Å². The monoisotopic (exact) mass is 496 g/mol. The van der Waals surface area contributed by atoms with E-state index in [4.69, 9.17) is 19.3 Å². The van der Waals surface area contributed by atoms with Gasteiger partial charge in [0, 0.05) is 25.9 Å². The molecular formula is C26H56O8. The van der Waals surface area contributed by atoms with E-state index in [2.05, 4.69) is 18.6 Å². The Hall–Kier alpha value is -1.67. The smallest absolute Gasteiger partial charge is 0.306 e. The van der Waals surface area contributed by atoms with Gasteiger partial charge in [-0.05, 0) is 53.4 Å². The minimum absolute atomic E-state index is 0. The Morgan fingerprint density at radius 2 is 1.26 bits per heavy atom. The predicted octanol–water partition coefficient (Wildman–Crippen LogP) is 5.72. The van der Waals surface area contributed by atoms with Crippen LogP contribution in [0.5, 0.6) is 0 Å². The molecule has 0 aromatic heterocycles. The second kappa shape index (κ2) is 31.3. The van der Waals surface area contributed by atoms with Gasteiger partial charge in [-0.2, -0.15) is 0 Å². The first-order valence-electron chi connectivity index (χ1n) is 12.1. The zero-order valence-electron chi connectivity index (χ0n) is 23.0. The van der Waals surface area contributed by atoms with Crippen LogP contribution in [0.15, 0.2) is 0 Å². The third-order valence-corrected chi connectivity index (χ3v) is 3.12. The van der Waals surface area contributed by atoms with E-state index < -0.39 is 0 Å². The van der Waals surface area contributed by atoms with Crippen LogP contribution in [0, 0.1) is 5.92 Å². The van der Waals surface area contributed by atoms with Crippen LogP contribution in [0.1, 0.15) is 109 Å². The average Bonchev–Trinajstić information content (AvgIpc) is 2.73. The standard InChI is InChI=1S/C8H16O2.C7H14O2.C5H10O2.C5H12O2.CH4/c1-4-10-8(9)6-5-7(2)3;1-5-6(8)9-7(2,3)4;1-3-5(6)7-4-2;1-2-4-7-5-3-6;/h7H,4-6H2,1-3H3;5H2,1-4H3;3-4H2,1-2H3;6H,2-5H2,1H3;1H4. The van der Waals surface area contributed by atoms with Crippen molar-refractivity contribution >= 4 is 17.9 Å². The fourth-order valence-corrected chi connectivity index (χ4v) is 1.63. The van der Waals surface area contributed by atoms with E-state index in [1.807, 2.05) is 34.6 Å². The minimum Gasteiger partial charge on any atom is -0.466 e. The molecule has 0 aromatic carbocycles. The highest BCUT2D eigenvalue weighted by Gasteiger charge is 2.13. The molecule has 0 spiro atoms. The molecule has 0 heterocycles. The first-order chi connectivity index (χ1) is 15.3. The number of esters is 3. The van der Waals surface area contributed by atoms with Crippen LogP contribution in [0.4, 0.5) is 0 Å². The summed E-state index contributed by atoms with van der Waals surface area (Å²) in [6, 6.07) is 0. The van der Waals surface area contributed by atoms with Crippen molar-refractivity contribution in [3.05, 3.63) is 0 Å². The Labute approximate surface area is 210 Å². The average molecular weight is 497 g/mol. The number of hydrogen-bond donors (Lipinski definition) is 1. The van der Waals surface area contributed by atoms with Crippen LogP contribution in [-0.2, 0) is 33.3 Å². The molecule has 0 aliphatic carbocycles. The van der Waals surface area contributed by atoms with E-state index in [-0.39, 0.29) is 37.5 Å². The highest BCUT2D eigenvalue weighted by atomic mass is 16.6. The molecule has 0 aliphatic rings. The van der Waals surface area contributed by atoms with Crippen LogP contribution < -0.4 is 0 Å². The van der Waals surface area contributed by atoms with E-state index in [0.717, 1.165) is 19.4 Å². The van der Waals surface area contributed by atoms with Crippen molar-refractivity contribution < 1.29 is 38.4 Å². The maximum Gasteiger partial charge on any atom is 0.306 e. The van der Waals surface area contributed by atoms with Gasteiger partial charge < -0.3 is 24.1 Å². The summed E-state index contributed by atoms with van der Waals surface area (Å²) < 4.78 is 19.1. The molecule has 0 bridgehead atoms. The minimum atomic E-state index is -0.326. The summed E-state index contributed by atoms with van der Waals surface area (Å²) in [7, 11) is 0. The summed E-state index contributed by atoms with van der Waals surface area (Å²) in [5.74, 6) is 0.255. The van der Waals surface area contributed by atoms with Gasteiger partial charge >= 0.3 is 17.9 Å². The molecule has 0 aromatic rings. The lowest BCUT2D eigenvalue weighted by Gasteiger charge is -2.18. The predicted molar refractivity (Wildman–Crippen MR) is 139 cm³/mol. The first-order valence-corrected chi connectivity index (χ1v) is 12.1. The summed E-state index contributed by atoms with van der Waals surface area (Å²) >= 11 is 0. The van der Waals surface area contributed by atoms with Crippen LogP contribution in [0.25, 0.3) is 0 Å². The molecule has 8 heteroatoms. The molecular weight excluding hydrogens is 440 g/mol. The summed E-state index contributed by atoms with van der Waals surface area (Å²) in [5, 5.41) is 8.17. The van der Waals surface area contributed by atoms with Gasteiger partial charge in [0.2, 0.25) is 0 Å². The topological polar surface area (TPSA) is 108 Å². The Morgan fingerprint density at radius 1 is 0.794 bits per heavy atom. The van der Waals surface area contributed by atoms with E-state index in [1.165, 1.54) is 0 Å². The third kappa shape index (κ3) is 52.3. The number of carbonyl (C=O) groups is 3. The van der Waals surface area contributed by atoms with Crippen molar-refractivity contribution in [3.8, 4) is 0 Å². The third-order valence-electron chi connectivity index (χ3n) is 3.12. The molecule has 0 rings (SSSR count). The normalized spacial score (nSPS) is 9.53. The zero-order valence-corrected chi connectivity index (χ0v) is 23.0. The molecule has 208 valence electrons. The van der Waals surface area contributed by atoms with Crippen LogP contribution >= 0.6 is 0 Å². The van der Waals surface area contributed by atoms with Gasteiger partial charge in [-0.1, -0.05) is 42.0 Å². The van der Waals surface area contributed by atoms with Crippen molar-refractivity contribution in [1.82, 2.24) is 0 Å². The number of aliphatic hydroxyl groups excluding tert-OH is 1. The second-order valence-electron chi connectivity index (χ2n) is 8.17. The zero-order chi connectivity index (χ0) is 26.7. The van der Waals surface area contributed by atoms with Crippen molar-refractivity contribution in [3.63, 3.8) is 0 Å². The Bertz CT molecular complexity index is 439.